The molecule has 0 aromatic heterocycles. The van der Waals surface area contributed by atoms with Gasteiger partial charge in [-0.1, -0.05) is 37.3 Å². The summed E-state index contributed by atoms with van der Waals surface area (Å²) in [7, 11) is 2.08. The second kappa shape index (κ2) is 7.58. The van der Waals surface area contributed by atoms with Gasteiger partial charge in [0.2, 0.25) is 0 Å². The summed E-state index contributed by atoms with van der Waals surface area (Å²) >= 11 is 0. The predicted octanol–water partition coefficient (Wildman–Crippen LogP) is 3.74. The molecule has 0 saturated heterocycles. The smallest absolute Gasteiger partial charge is 0.123 e. The van der Waals surface area contributed by atoms with Crippen molar-refractivity contribution in [1.82, 2.24) is 0 Å². The standard InChI is InChI=1S/C18H24N2O/c1-3-11-21-18-13-16(19)12-17(14-18)20(2)10-9-15-7-5-4-6-8-15/h4-8,12-14H,3,9-11,19H2,1-2H3. The van der Waals surface area contributed by atoms with Gasteiger partial charge < -0.3 is 15.4 Å². The summed E-state index contributed by atoms with van der Waals surface area (Å²) in [4.78, 5) is 2.21. The molecule has 2 aromatic rings. The van der Waals surface area contributed by atoms with Crippen LogP contribution in [0.5, 0.6) is 5.75 Å². The van der Waals surface area contributed by atoms with Gasteiger partial charge in [0.15, 0.2) is 0 Å². The van der Waals surface area contributed by atoms with Crippen LogP contribution in [0.1, 0.15) is 18.9 Å². The number of ether oxygens (including phenoxy) is 1. The van der Waals surface area contributed by atoms with Crippen LogP contribution in [-0.4, -0.2) is 20.2 Å². The first-order valence-corrected chi connectivity index (χ1v) is 7.47. The Morgan fingerprint density at radius 3 is 2.57 bits per heavy atom. The quantitative estimate of drug-likeness (QED) is 0.787. The summed E-state index contributed by atoms with van der Waals surface area (Å²) < 4.78 is 5.68. The molecule has 3 heteroatoms. The Bertz CT molecular complexity index is 554. The number of likely N-dealkylation sites (N-methyl/N-ethyl adjacent to an activating group) is 1. The Hall–Kier alpha value is -2.16. The van der Waals surface area contributed by atoms with E-state index in [0.717, 1.165) is 43.1 Å². The molecule has 0 spiro atoms. The highest BCUT2D eigenvalue weighted by molar-refractivity contribution is 5.60. The fourth-order valence-electron chi connectivity index (χ4n) is 2.20. The minimum absolute atomic E-state index is 0.719. The van der Waals surface area contributed by atoms with E-state index in [0.29, 0.717) is 0 Å². The van der Waals surface area contributed by atoms with Crippen molar-refractivity contribution < 1.29 is 4.74 Å². The van der Waals surface area contributed by atoms with Gasteiger partial charge in [0.1, 0.15) is 5.75 Å². The molecule has 0 amide bonds. The zero-order valence-electron chi connectivity index (χ0n) is 12.9. The highest BCUT2D eigenvalue weighted by Crippen LogP contribution is 2.25. The summed E-state index contributed by atoms with van der Waals surface area (Å²) in [6, 6.07) is 16.4. The topological polar surface area (TPSA) is 38.5 Å². The van der Waals surface area contributed by atoms with E-state index in [2.05, 4.69) is 49.2 Å². The van der Waals surface area contributed by atoms with Crippen molar-refractivity contribution in [3.8, 4) is 5.75 Å². The lowest BCUT2D eigenvalue weighted by molar-refractivity contribution is 0.317. The first-order chi connectivity index (χ1) is 10.2. The number of nitrogens with two attached hydrogens (primary N) is 1. The number of anilines is 2. The number of benzene rings is 2. The maximum absolute atomic E-state index is 5.97. The van der Waals surface area contributed by atoms with E-state index >= 15 is 0 Å². The van der Waals surface area contributed by atoms with E-state index < -0.39 is 0 Å². The lowest BCUT2D eigenvalue weighted by Gasteiger charge is -2.21. The molecule has 112 valence electrons. The van der Waals surface area contributed by atoms with Gasteiger partial charge >= 0.3 is 0 Å². The lowest BCUT2D eigenvalue weighted by atomic mass is 10.1. The summed E-state index contributed by atoms with van der Waals surface area (Å²) in [6.07, 6.45) is 2.01. The molecule has 21 heavy (non-hydrogen) atoms. The average molecular weight is 284 g/mol. The third kappa shape index (κ3) is 4.71. The molecule has 0 fully saturated rings. The largest absolute Gasteiger partial charge is 0.493 e. The van der Waals surface area contributed by atoms with Crippen LogP contribution >= 0.6 is 0 Å². The molecule has 2 N–H and O–H groups in total. The summed E-state index contributed by atoms with van der Waals surface area (Å²) in [5.41, 5.74) is 9.15. The molecule has 0 bridgehead atoms. The van der Waals surface area contributed by atoms with Gasteiger partial charge in [0.25, 0.3) is 0 Å². The molecule has 3 nitrogen and oxygen atoms in total. The van der Waals surface area contributed by atoms with Crippen molar-refractivity contribution >= 4 is 11.4 Å². The van der Waals surface area contributed by atoms with Crippen molar-refractivity contribution in [2.75, 3.05) is 30.8 Å². The van der Waals surface area contributed by atoms with Crippen LogP contribution in [-0.2, 0) is 6.42 Å². The van der Waals surface area contributed by atoms with Gasteiger partial charge in [-0.15, -0.1) is 0 Å². The number of nitrogens with zero attached hydrogens (tertiary/aromatic N) is 1. The number of hydrogen-bond donors (Lipinski definition) is 1. The van der Waals surface area contributed by atoms with Crippen LogP contribution in [0.4, 0.5) is 11.4 Å². The van der Waals surface area contributed by atoms with E-state index in [4.69, 9.17) is 10.5 Å². The zero-order chi connectivity index (χ0) is 15.1. The molecule has 0 unspecified atom stereocenters. The molecular formula is C18H24N2O. The van der Waals surface area contributed by atoms with Gasteiger partial charge in [-0.25, -0.2) is 0 Å². The zero-order valence-corrected chi connectivity index (χ0v) is 12.9. The lowest BCUT2D eigenvalue weighted by Crippen LogP contribution is -2.20. The molecule has 2 aromatic carbocycles. The second-order valence-corrected chi connectivity index (χ2v) is 5.27. The van der Waals surface area contributed by atoms with Gasteiger partial charge in [-0.05, 0) is 24.5 Å². The van der Waals surface area contributed by atoms with Crippen LogP contribution in [0, 0.1) is 0 Å². The Morgan fingerprint density at radius 1 is 1.10 bits per heavy atom. The number of nitrogen functional groups attached to an aromatic ring is 1. The molecule has 0 heterocycles. The Labute approximate surface area is 127 Å². The van der Waals surface area contributed by atoms with Crippen molar-refractivity contribution in [3.63, 3.8) is 0 Å². The SMILES string of the molecule is CCCOc1cc(N)cc(N(C)CCc2ccccc2)c1. The Morgan fingerprint density at radius 2 is 1.86 bits per heavy atom. The first kappa shape index (κ1) is 15.2. The molecule has 0 aliphatic rings. The third-order valence-electron chi connectivity index (χ3n) is 3.41. The maximum atomic E-state index is 5.97. The molecular weight excluding hydrogens is 260 g/mol. The van der Waals surface area contributed by atoms with E-state index in [-0.39, 0.29) is 0 Å². The molecule has 0 aliphatic carbocycles. The van der Waals surface area contributed by atoms with Crippen LogP contribution in [0.15, 0.2) is 48.5 Å². The van der Waals surface area contributed by atoms with E-state index in [9.17, 15) is 0 Å². The second-order valence-electron chi connectivity index (χ2n) is 5.27. The summed E-state index contributed by atoms with van der Waals surface area (Å²) in [6.45, 7) is 3.76. The monoisotopic (exact) mass is 284 g/mol. The van der Waals surface area contributed by atoms with Crippen LogP contribution < -0.4 is 15.4 Å². The van der Waals surface area contributed by atoms with Gasteiger partial charge in [-0.3, -0.25) is 0 Å². The Kier molecular flexibility index (Phi) is 5.50. The minimum atomic E-state index is 0.719. The average Bonchev–Trinajstić information content (AvgIpc) is 2.51. The fraction of sp³-hybridized carbons (Fsp3) is 0.333. The molecule has 2 rings (SSSR count). The van der Waals surface area contributed by atoms with Gasteiger partial charge in [0.05, 0.1) is 6.61 Å². The predicted molar refractivity (Wildman–Crippen MR) is 90.1 cm³/mol. The van der Waals surface area contributed by atoms with Crippen LogP contribution in [0.25, 0.3) is 0 Å². The van der Waals surface area contributed by atoms with E-state index in [1.807, 2.05) is 18.2 Å². The number of hydrogen-bond acceptors (Lipinski definition) is 3. The van der Waals surface area contributed by atoms with Crippen LogP contribution in [0.3, 0.4) is 0 Å². The van der Waals surface area contributed by atoms with E-state index in [1.54, 1.807) is 0 Å². The molecule has 0 atom stereocenters. The van der Waals surface area contributed by atoms with Crippen molar-refractivity contribution in [1.29, 1.82) is 0 Å². The fourth-order valence-corrected chi connectivity index (χ4v) is 2.20. The summed E-state index contributed by atoms with van der Waals surface area (Å²) in [5, 5.41) is 0. The maximum Gasteiger partial charge on any atom is 0.123 e. The Balaban J connectivity index is 2.01. The number of rotatable bonds is 7. The van der Waals surface area contributed by atoms with Crippen LogP contribution in [0.2, 0.25) is 0 Å². The highest BCUT2D eigenvalue weighted by atomic mass is 16.5. The van der Waals surface area contributed by atoms with Gasteiger partial charge in [0, 0.05) is 37.1 Å². The van der Waals surface area contributed by atoms with Gasteiger partial charge in [-0.2, -0.15) is 0 Å². The minimum Gasteiger partial charge on any atom is -0.493 e. The highest BCUT2D eigenvalue weighted by Gasteiger charge is 2.05. The van der Waals surface area contributed by atoms with E-state index in [1.165, 1.54) is 5.56 Å². The molecule has 0 radical (unpaired) electrons. The normalized spacial score (nSPS) is 10.4. The van der Waals surface area contributed by atoms with Crippen molar-refractivity contribution in [2.45, 2.75) is 19.8 Å². The third-order valence-corrected chi connectivity index (χ3v) is 3.41. The summed E-state index contributed by atoms with van der Waals surface area (Å²) in [5.74, 6) is 0.846. The molecule has 0 saturated carbocycles. The first-order valence-electron chi connectivity index (χ1n) is 7.47. The van der Waals surface area contributed by atoms with Crippen molar-refractivity contribution in [2.24, 2.45) is 0 Å². The van der Waals surface area contributed by atoms with Crippen molar-refractivity contribution in [3.05, 3.63) is 54.1 Å². The molecule has 0 aliphatic heterocycles.